The molecule has 0 aromatic carbocycles. The number of nitrogens with one attached hydrogen (secondary N) is 2. The van der Waals surface area contributed by atoms with Crippen LogP contribution in [0, 0.1) is 0 Å². The molecule has 5 rings (SSSR count). The molecule has 2 aliphatic heterocycles. The van der Waals surface area contributed by atoms with E-state index in [1.807, 2.05) is 23.5 Å². The maximum atomic E-state index is 13.9. The molecule has 2 aliphatic rings. The lowest BCUT2D eigenvalue weighted by molar-refractivity contribution is 0.0944. The highest BCUT2D eigenvalue weighted by Gasteiger charge is 2.31. The van der Waals surface area contributed by atoms with Crippen LogP contribution in [0.5, 0.6) is 11.5 Å². The molecule has 3 aromatic heterocycles. The number of nitrogens with zero attached hydrogens (tertiary/aromatic N) is 2. The van der Waals surface area contributed by atoms with Crippen LogP contribution in [0.1, 0.15) is 135 Å². The lowest BCUT2D eigenvalue weighted by Gasteiger charge is -2.19. The van der Waals surface area contributed by atoms with Gasteiger partial charge >= 0.3 is 0 Å². The number of amides is 2. The molecule has 0 saturated carbocycles. The van der Waals surface area contributed by atoms with Crippen LogP contribution in [0.4, 0.5) is 0 Å². The second-order valence-electron chi connectivity index (χ2n) is 12.5. The summed E-state index contributed by atoms with van der Waals surface area (Å²) in [6, 6.07) is 4.12. The zero-order chi connectivity index (χ0) is 34.6. The number of ether oxygens (including phenoxy) is 2. The first-order valence-electron chi connectivity index (χ1n) is 17.5. The zero-order valence-corrected chi connectivity index (χ0v) is 33.0. The molecule has 0 aliphatic carbocycles. The Hall–Kier alpha value is -2.32. The minimum atomic E-state index is -0.416. The van der Waals surface area contributed by atoms with Crippen LogP contribution in [0.2, 0.25) is 0 Å². The van der Waals surface area contributed by atoms with E-state index in [0.29, 0.717) is 35.2 Å². The van der Waals surface area contributed by atoms with E-state index < -0.39 is 11.8 Å². The summed E-state index contributed by atoms with van der Waals surface area (Å²) < 4.78 is 15.1. The van der Waals surface area contributed by atoms with Crippen molar-refractivity contribution in [1.29, 1.82) is 0 Å². The molecule has 266 valence electrons. The van der Waals surface area contributed by atoms with Gasteiger partial charge in [-0.3, -0.25) is 9.59 Å². The number of hydrogen-bond acceptors (Lipinski definition) is 11. The molecule has 0 fully saturated rings. The summed E-state index contributed by atoms with van der Waals surface area (Å²) in [5.41, 5.74) is 9.46. The van der Waals surface area contributed by atoms with Crippen LogP contribution >= 0.6 is 57.5 Å². The molecule has 2 unspecified atom stereocenters. The lowest BCUT2D eigenvalue weighted by Crippen LogP contribution is -2.23. The first-order valence-corrected chi connectivity index (χ1v) is 21.9. The molecule has 13 heteroatoms. The SMILES string of the molecule is CCCCCCCOc1c(C(=O)N/N=C2\CC(C)Sc3sccc32)sc(C(=O)N/N=C2\CC(C)Sc3sccc32)c1OCCCCCCC. The number of rotatable bonds is 18. The summed E-state index contributed by atoms with van der Waals surface area (Å²) in [5.74, 6) is -0.201. The minimum Gasteiger partial charge on any atom is -0.488 e. The van der Waals surface area contributed by atoms with E-state index in [4.69, 9.17) is 9.47 Å². The Bertz CT molecular complexity index is 1490. The Morgan fingerprint density at radius 1 is 0.694 bits per heavy atom. The van der Waals surface area contributed by atoms with Gasteiger partial charge in [-0.1, -0.05) is 79.1 Å². The predicted molar refractivity (Wildman–Crippen MR) is 209 cm³/mol. The van der Waals surface area contributed by atoms with Gasteiger partial charge in [-0.2, -0.15) is 10.2 Å². The summed E-state index contributed by atoms with van der Waals surface area (Å²) in [7, 11) is 0. The van der Waals surface area contributed by atoms with Gasteiger partial charge in [-0.15, -0.1) is 57.5 Å². The maximum Gasteiger partial charge on any atom is 0.285 e. The van der Waals surface area contributed by atoms with Gasteiger partial charge in [0.2, 0.25) is 0 Å². The van der Waals surface area contributed by atoms with Gasteiger partial charge < -0.3 is 9.47 Å². The first kappa shape index (κ1) is 37.9. The fourth-order valence-electron chi connectivity index (χ4n) is 5.69. The molecule has 0 spiro atoms. The van der Waals surface area contributed by atoms with E-state index in [0.717, 1.165) is 98.1 Å². The van der Waals surface area contributed by atoms with Crippen LogP contribution in [0.25, 0.3) is 0 Å². The standard InChI is InChI=1S/C36H48N4O4S5/c1-5-7-9-11-13-17-43-29-30(44-18-14-12-10-8-6-2)32(34(42)40-38-28-22-24(4)48-36-26(28)16-20-46-36)49-31(29)33(41)39-37-27-21-23(3)47-35-25(27)15-19-45-35/h15-16,19-20,23-24H,5-14,17-18,21-22H2,1-4H3,(H,39,41)(H,40,42)/b37-27+,38-28+. The molecule has 0 bridgehead atoms. The van der Waals surface area contributed by atoms with E-state index in [1.165, 1.54) is 21.3 Å². The molecule has 8 nitrogen and oxygen atoms in total. The number of fused-ring (bicyclic) bond motifs is 2. The molecule has 2 amide bonds. The van der Waals surface area contributed by atoms with Crippen molar-refractivity contribution < 1.29 is 19.1 Å². The first-order chi connectivity index (χ1) is 23.9. The Kier molecular flexibility index (Phi) is 15.0. The van der Waals surface area contributed by atoms with E-state index in [1.54, 1.807) is 22.7 Å². The number of carbonyl (C=O) groups is 2. The molecule has 0 radical (unpaired) electrons. The second kappa shape index (κ2) is 19.3. The van der Waals surface area contributed by atoms with Crippen LogP contribution in [-0.4, -0.2) is 47.0 Å². The summed E-state index contributed by atoms with van der Waals surface area (Å²) in [6.07, 6.45) is 12.2. The lowest BCUT2D eigenvalue weighted by atomic mass is 10.1. The number of carbonyl (C=O) groups excluding carboxylic acids is 2. The van der Waals surface area contributed by atoms with Crippen molar-refractivity contribution in [2.75, 3.05) is 13.2 Å². The number of hydrazone groups is 2. The number of hydrogen-bond donors (Lipinski definition) is 2. The van der Waals surface area contributed by atoms with Crippen molar-refractivity contribution in [3.8, 4) is 11.5 Å². The molecular weight excluding hydrogens is 713 g/mol. The van der Waals surface area contributed by atoms with Crippen molar-refractivity contribution in [1.82, 2.24) is 10.9 Å². The average molecular weight is 761 g/mol. The smallest absolute Gasteiger partial charge is 0.285 e. The zero-order valence-electron chi connectivity index (χ0n) is 28.9. The summed E-state index contributed by atoms with van der Waals surface area (Å²) >= 11 is 8.15. The van der Waals surface area contributed by atoms with Crippen molar-refractivity contribution in [2.24, 2.45) is 10.2 Å². The third-order valence-electron chi connectivity index (χ3n) is 8.27. The van der Waals surface area contributed by atoms with Crippen LogP contribution in [0.3, 0.4) is 0 Å². The van der Waals surface area contributed by atoms with Gasteiger partial charge in [-0.25, -0.2) is 10.9 Å². The van der Waals surface area contributed by atoms with E-state index in [2.05, 4.69) is 71.6 Å². The largest absolute Gasteiger partial charge is 0.488 e. The topological polar surface area (TPSA) is 101 Å². The normalized spacial score (nSPS) is 18.7. The van der Waals surface area contributed by atoms with Gasteiger partial charge in [0.25, 0.3) is 11.8 Å². The van der Waals surface area contributed by atoms with Gasteiger partial charge in [-0.05, 0) is 35.7 Å². The fourth-order valence-corrected chi connectivity index (χ4v) is 11.5. The number of unbranched alkanes of at least 4 members (excludes halogenated alkanes) is 8. The molecule has 5 heterocycles. The Labute approximate surface area is 311 Å². The molecule has 49 heavy (non-hydrogen) atoms. The second-order valence-corrected chi connectivity index (χ2v) is 18.7. The predicted octanol–water partition coefficient (Wildman–Crippen LogP) is 10.6. The van der Waals surface area contributed by atoms with Gasteiger partial charge in [0.05, 0.1) is 33.1 Å². The van der Waals surface area contributed by atoms with Crippen molar-refractivity contribution in [3.05, 3.63) is 43.8 Å². The number of thiophene rings is 3. The van der Waals surface area contributed by atoms with Gasteiger partial charge in [0, 0.05) is 34.5 Å². The fraction of sp³-hybridized carbons (Fsp3) is 0.556. The highest BCUT2D eigenvalue weighted by Crippen LogP contribution is 2.44. The van der Waals surface area contributed by atoms with Gasteiger partial charge in [0.1, 0.15) is 9.75 Å². The summed E-state index contributed by atoms with van der Waals surface area (Å²) in [6.45, 7) is 9.58. The molecule has 2 atom stereocenters. The van der Waals surface area contributed by atoms with Crippen molar-refractivity contribution in [2.45, 2.75) is 124 Å². The Morgan fingerprint density at radius 2 is 1.12 bits per heavy atom. The van der Waals surface area contributed by atoms with Crippen molar-refractivity contribution in [3.63, 3.8) is 0 Å². The Balaban J connectivity index is 1.42. The van der Waals surface area contributed by atoms with Crippen LogP contribution in [-0.2, 0) is 0 Å². The van der Waals surface area contributed by atoms with Crippen LogP contribution in [0.15, 0.2) is 41.5 Å². The number of thioether (sulfide) groups is 2. The molecular formula is C36H48N4O4S5. The van der Waals surface area contributed by atoms with E-state index in [-0.39, 0.29) is 9.75 Å². The van der Waals surface area contributed by atoms with Gasteiger partial charge in [0.15, 0.2) is 11.5 Å². The van der Waals surface area contributed by atoms with E-state index in [9.17, 15) is 9.59 Å². The molecule has 3 aromatic rings. The molecule has 2 N–H and O–H groups in total. The highest BCUT2D eigenvalue weighted by molar-refractivity contribution is 8.02. The highest BCUT2D eigenvalue weighted by atomic mass is 32.2. The quantitative estimate of drug-likeness (QED) is 0.0989. The average Bonchev–Trinajstić information content (AvgIpc) is 3.84. The minimum absolute atomic E-state index is 0.281. The van der Waals surface area contributed by atoms with Crippen LogP contribution < -0.4 is 20.3 Å². The Morgan fingerprint density at radius 3 is 1.55 bits per heavy atom. The third kappa shape index (κ3) is 10.4. The summed E-state index contributed by atoms with van der Waals surface area (Å²) in [4.78, 5) is 28.3. The molecule has 0 saturated heterocycles. The van der Waals surface area contributed by atoms with Crippen molar-refractivity contribution >= 4 is 80.8 Å². The monoisotopic (exact) mass is 760 g/mol. The third-order valence-corrected chi connectivity index (χ3v) is 14.0. The summed E-state index contributed by atoms with van der Waals surface area (Å²) in [5, 5.41) is 14.0. The van der Waals surface area contributed by atoms with E-state index >= 15 is 0 Å². The maximum absolute atomic E-state index is 13.9.